The maximum Gasteiger partial charge on any atom is 0.158 e. The zero-order valence-corrected chi connectivity index (χ0v) is 13.8. The molecule has 114 valence electrons. The number of nitrogens with zero attached hydrogens (tertiary/aromatic N) is 3. The van der Waals surface area contributed by atoms with Crippen molar-refractivity contribution in [2.24, 2.45) is 5.92 Å². The summed E-state index contributed by atoms with van der Waals surface area (Å²) in [5.41, 5.74) is 4.80. The minimum Gasteiger partial charge on any atom is -0.312 e. The van der Waals surface area contributed by atoms with Crippen LogP contribution < -0.4 is 5.32 Å². The zero-order chi connectivity index (χ0) is 15.4. The molecule has 0 spiro atoms. The van der Waals surface area contributed by atoms with Crippen LogP contribution in [0.2, 0.25) is 0 Å². The molecule has 0 bridgehead atoms. The van der Waals surface area contributed by atoms with Gasteiger partial charge in [-0.3, -0.25) is 0 Å². The number of aryl methyl sites for hydroxylation is 1. The molecule has 2 aromatic rings. The van der Waals surface area contributed by atoms with E-state index in [2.05, 4.69) is 56.1 Å². The third-order valence-corrected chi connectivity index (χ3v) is 3.73. The van der Waals surface area contributed by atoms with Gasteiger partial charge in [-0.25, -0.2) is 9.67 Å². The molecule has 0 aromatic carbocycles. The van der Waals surface area contributed by atoms with Crippen molar-refractivity contribution in [1.29, 1.82) is 0 Å². The van der Waals surface area contributed by atoms with Crippen molar-refractivity contribution in [2.45, 2.75) is 47.6 Å². The molecule has 0 saturated heterocycles. The molecule has 0 amide bonds. The van der Waals surface area contributed by atoms with Crippen LogP contribution in [0, 0.1) is 19.8 Å². The highest BCUT2D eigenvalue weighted by molar-refractivity contribution is 5.38. The van der Waals surface area contributed by atoms with Crippen LogP contribution >= 0.6 is 0 Å². The van der Waals surface area contributed by atoms with Crippen molar-refractivity contribution in [3.8, 4) is 5.82 Å². The summed E-state index contributed by atoms with van der Waals surface area (Å²) in [5.74, 6) is 1.58. The molecule has 0 fully saturated rings. The molecule has 0 unspecified atom stereocenters. The van der Waals surface area contributed by atoms with Gasteiger partial charge in [0.05, 0.1) is 5.69 Å². The molecule has 4 heteroatoms. The highest BCUT2D eigenvalue weighted by Gasteiger charge is 2.14. The Morgan fingerprint density at radius 1 is 1.29 bits per heavy atom. The summed E-state index contributed by atoms with van der Waals surface area (Å²) in [4.78, 5) is 4.56. The maximum atomic E-state index is 4.68. The van der Waals surface area contributed by atoms with Crippen LogP contribution in [0.1, 0.15) is 43.3 Å². The van der Waals surface area contributed by atoms with Crippen molar-refractivity contribution in [1.82, 2.24) is 20.1 Å². The first-order valence-corrected chi connectivity index (χ1v) is 7.74. The molecule has 0 aliphatic heterocycles. The van der Waals surface area contributed by atoms with Gasteiger partial charge in [0.1, 0.15) is 0 Å². The van der Waals surface area contributed by atoms with Gasteiger partial charge in [0.15, 0.2) is 5.82 Å². The van der Waals surface area contributed by atoms with E-state index in [1.54, 1.807) is 0 Å². The molecule has 21 heavy (non-hydrogen) atoms. The number of pyridine rings is 1. The summed E-state index contributed by atoms with van der Waals surface area (Å²) in [6.07, 6.45) is 2.84. The Hall–Kier alpha value is -1.68. The Morgan fingerprint density at radius 2 is 2.05 bits per heavy atom. The lowest BCUT2D eigenvalue weighted by atomic mass is 10.1. The number of nitrogens with one attached hydrogen (secondary N) is 1. The predicted octanol–water partition coefficient (Wildman–Crippen LogP) is 3.19. The highest BCUT2D eigenvalue weighted by atomic mass is 15.3. The standard InChI is InChI=1S/C17H26N4/c1-6-16-13(4)20-21(14(16)5)17-15(8-7-9-19-17)11-18-10-12(2)3/h7-9,12,18H,6,10-11H2,1-5H3. The molecule has 2 aromatic heterocycles. The van der Waals surface area contributed by atoms with Gasteiger partial charge in [0.25, 0.3) is 0 Å². The molecule has 4 nitrogen and oxygen atoms in total. The molecular weight excluding hydrogens is 260 g/mol. The Labute approximate surface area is 127 Å². The summed E-state index contributed by atoms with van der Waals surface area (Å²) in [6.45, 7) is 12.6. The van der Waals surface area contributed by atoms with Crippen LogP contribution in [0.25, 0.3) is 5.82 Å². The molecule has 0 aliphatic rings. The van der Waals surface area contributed by atoms with E-state index < -0.39 is 0 Å². The van der Waals surface area contributed by atoms with Crippen LogP contribution in [-0.4, -0.2) is 21.3 Å². The number of aromatic nitrogens is 3. The second-order valence-electron chi connectivity index (χ2n) is 5.93. The Balaban J connectivity index is 2.32. The molecule has 0 radical (unpaired) electrons. The minimum atomic E-state index is 0.644. The van der Waals surface area contributed by atoms with Crippen LogP contribution in [0.3, 0.4) is 0 Å². The molecular formula is C17H26N4. The molecule has 2 heterocycles. The van der Waals surface area contributed by atoms with Crippen molar-refractivity contribution >= 4 is 0 Å². The normalized spacial score (nSPS) is 11.3. The summed E-state index contributed by atoms with van der Waals surface area (Å²) in [5, 5.41) is 8.17. The van der Waals surface area contributed by atoms with E-state index in [0.717, 1.165) is 31.0 Å². The number of hydrogen-bond acceptors (Lipinski definition) is 3. The molecule has 2 rings (SSSR count). The van der Waals surface area contributed by atoms with E-state index in [1.165, 1.54) is 16.8 Å². The van der Waals surface area contributed by atoms with Gasteiger partial charge in [0.2, 0.25) is 0 Å². The van der Waals surface area contributed by atoms with E-state index in [4.69, 9.17) is 0 Å². The average molecular weight is 286 g/mol. The van der Waals surface area contributed by atoms with Gasteiger partial charge in [-0.15, -0.1) is 0 Å². The first-order chi connectivity index (χ1) is 10.0. The zero-order valence-electron chi connectivity index (χ0n) is 13.8. The summed E-state index contributed by atoms with van der Waals surface area (Å²) in [7, 11) is 0. The van der Waals surface area contributed by atoms with Crippen molar-refractivity contribution < 1.29 is 0 Å². The third-order valence-electron chi connectivity index (χ3n) is 3.73. The number of rotatable bonds is 6. The molecule has 0 aliphatic carbocycles. The smallest absolute Gasteiger partial charge is 0.158 e. The Kier molecular flexibility index (Phi) is 5.12. The van der Waals surface area contributed by atoms with Crippen LogP contribution in [0.15, 0.2) is 18.3 Å². The van der Waals surface area contributed by atoms with Gasteiger partial charge in [0, 0.05) is 24.0 Å². The van der Waals surface area contributed by atoms with Gasteiger partial charge < -0.3 is 5.32 Å². The second-order valence-corrected chi connectivity index (χ2v) is 5.93. The van der Waals surface area contributed by atoms with Gasteiger partial charge in [-0.2, -0.15) is 5.10 Å². The maximum absolute atomic E-state index is 4.68. The minimum absolute atomic E-state index is 0.644. The second kappa shape index (κ2) is 6.85. The third kappa shape index (κ3) is 3.50. The van der Waals surface area contributed by atoms with Crippen molar-refractivity contribution in [3.05, 3.63) is 40.8 Å². The van der Waals surface area contributed by atoms with Crippen LogP contribution in [-0.2, 0) is 13.0 Å². The fraction of sp³-hybridized carbons (Fsp3) is 0.529. The van der Waals surface area contributed by atoms with E-state index in [1.807, 2.05) is 16.9 Å². The van der Waals surface area contributed by atoms with Crippen molar-refractivity contribution in [3.63, 3.8) is 0 Å². The van der Waals surface area contributed by atoms with Crippen LogP contribution in [0.5, 0.6) is 0 Å². The topological polar surface area (TPSA) is 42.7 Å². The number of hydrogen-bond donors (Lipinski definition) is 1. The SMILES string of the molecule is CCc1c(C)nn(-c2ncccc2CNCC(C)C)c1C. The summed E-state index contributed by atoms with van der Waals surface area (Å²) >= 11 is 0. The first kappa shape index (κ1) is 15.7. The van der Waals surface area contributed by atoms with E-state index >= 15 is 0 Å². The van der Waals surface area contributed by atoms with Crippen LogP contribution in [0.4, 0.5) is 0 Å². The van der Waals surface area contributed by atoms with E-state index in [9.17, 15) is 0 Å². The lowest BCUT2D eigenvalue weighted by Gasteiger charge is -2.12. The Morgan fingerprint density at radius 3 is 2.67 bits per heavy atom. The molecule has 0 atom stereocenters. The highest BCUT2D eigenvalue weighted by Crippen LogP contribution is 2.19. The lowest BCUT2D eigenvalue weighted by Crippen LogP contribution is -2.20. The van der Waals surface area contributed by atoms with E-state index in [0.29, 0.717) is 5.92 Å². The van der Waals surface area contributed by atoms with E-state index in [-0.39, 0.29) is 0 Å². The molecule has 0 saturated carbocycles. The van der Waals surface area contributed by atoms with Gasteiger partial charge in [-0.1, -0.05) is 26.8 Å². The largest absolute Gasteiger partial charge is 0.312 e. The fourth-order valence-corrected chi connectivity index (χ4v) is 2.65. The van der Waals surface area contributed by atoms with Gasteiger partial charge in [-0.05, 0) is 44.4 Å². The lowest BCUT2D eigenvalue weighted by molar-refractivity contribution is 0.550. The Bertz CT molecular complexity index is 599. The quantitative estimate of drug-likeness (QED) is 0.887. The summed E-state index contributed by atoms with van der Waals surface area (Å²) < 4.78 is 1.99. The first-order valence-electron chi connectivity index (χ1n) is 7.74. The average Bonchev–Trinajstić information content (AvgIpc) is 2.73. The van der Waals surface area contributed by atoms with Gasteiger partial charge >= 0.3 is 0 Å². The predicted molar refractivity (Wildman–Crippen MR) is 86.8 cm³/mol. The summed E-state index contributed by atoms with van der Waals surface area (Å²) in [6, 6.07) is 4.11. The molecule has 1 N–H and O–H groups in total. The van der Waals surface area contributed by atoms with Crippen molar-refractivity contribution in [2.75, 3.05) is 6.54 Å². The fourth-order valence-electron chi connectivity index (χ4n) is 2.65. The monoisotopic (exact) mass is 286 g/mol.